The minimum Gasteiger partial charge on any atom is -0.388 e. The molecule has 0 fully saturated rings. The van der Waals surface area contributed by atoms with Crippen molar-refractivity contribution in [2.24, 2.45) is 0 Å². The van der Waals surface area contributed by atoms with E-state index < -0.39 is 63.0 Å². The average Bonchev–Trinajstić information content (AvgIpc) is 3.02. The number of thioether (sulfide) groups is 1. The first-order valence-electron chi connectivity index (χ1n) is 15.3. The second-order valence-corrected chi connectivity index (χ2v) is 14.5. The molecular weight excluding hydrogens is 617 g/mol. The first-order chi connectivity index (χ1) is 21.4. The van der Waals surface area contributed by atoms with Gasteiger partial charge in [-0.2, -0.15) is 11.8 Å². The molecule has 5 atom stereocenters. The van der Waals surface area contributed by atoms with Crippen molar-refractivity contribution in [3.05, 3.63) is 66.0 Å². The van der Waals surface area contributed by atoms with Crippen LogP contribution >= 0.6 is 11.8 Å². The number of carbonyl (C=O) groups is 3. The summed E-state index contributed by atoms with van der Waals surface area (Å²) in [4.78, 5) is 42.8. The van der Waals surface area contributed by atoms with Crippen LogP contribution in [0.25, 0.3) is 0 Å². The lowest BCUT2D eigenvalue weighted by Gasteiger charge is -2.33. The Hall–Kier alpha value is -3.00. The van der Waals surface area contributed by atoms with E-state index in [1.807, 2.05) is 26.2 Å². The lowest BCUT2D eigenvalue weighted by atomic mass is 9.92. The predicted octanol–water partition coefficient (Wildman–Crippen LogP) is 2.27. The Morgan fingerprint density at radius 3 is 2.09 bits per heavy atom. The fourth-order valence-electron chi connectivity index (χ4n) is 5.16. The van der Waals surface area contributed by atoms with Crippen molar-refractivity contribution in [1.29, 1.82) is 0 Å². The van der Waals surface area contributed by atoms with Gasteiger partial charge in [0, 0.05) is 19.3 Å². The van der Waals surface area contributed by atoms with Crippen molar-refractivity contribution < 1.29 is 33.0 Å². The molecule has 13 heteroatoms. The highest BCUT2D eigenvalue weighted by molar-refractivity contribution is 7.98. The molecule has 0 aliphatic heterocycles. The Morgan fingerprint density at radius 2 is 1.53 bits per heavy atom. The maximum Gasteiger partial charge on any atom is 0.253 e. The van der Waals surface area contributed by atoms with Gasteiger partial charge in [0.25, 0.3) is 5.91 Å². The Bertz CT molecular complexity index is 1290. The molecular formula is C32H48N4O7S2. The van der Waals surface area contributed by atoms with E-state index in [9.17, 15) is 33.0 Å². The number of aromatic nitrogens is 1. The van der Waals surface area contributed by atoms with Gasteiger partial charge in [-0.15, -0.1) is 0 Å². The van der Waals surface area contributed by atoms with E-state index in [1.54, 1.807) is 30.3 Å². The summed E-state index contributed by atoms with van der Waals surface area (Å²) in [6.45, 7) is 5.09. The minimum absolute atomic E-state index is 0.0877. The van der Waals surface area contributed by atoms with Crippen molar-refractivity contribution in [2.75, 3.05) is 17.8 Å². The second-order valence-electron chi connectivity index (χ2n) is 11.2. The van der Waals surface area contributed by atoms with Gasteiger partial charge in [-0.3, -0.25) is 19.4 Å². The summed E-state index contributed by atoms with van der Waals surface area (Å²) in [7, 11) is -3.84. The van der Waals surface area contributed by atoms with Gasteiger partial charge < -0.3 is 26.2 Å². The third kappa shape index (κ3) is 12.7. The summed E-state index contributed by atoms with van der Waals surface area (Å²) in [5, 5.41) is 30.0. The normalized spacial score (nSPS) is 15.0. The number of aliphatic hydroxyl groups is 2. The number of hydrogen-bond acceptors (Lipinski definition) is 9. The number of pyridine rings is 1. The van der Waals surface area contributed by atoms with E-state index in [0.717, 1.165) is 5.56 Å². The van der Waals surface area contributed by atoms with E-state index in [1.165, 1.54) is 37.1 Å². The van der Waals surface area contributed by atoms with Crippen molar-refractivity contribution in [3.63, 3.8) is 0 Å². The van der Waals surface area contributed by atoms with Crippen LogP contribution in [0.4, 0.5) is 0 Å². The number of nitrogens with one attached hydrogen (secondary N) is 3. The monoisotopic (exact) mass is 664 g/mol. The number of aliphatic hydroxyl groups excluding tert-OH is 2. The van der Waals surface area contributed by atoms with Crippen LogP contribution in [0.3, 0.4) is 0 Å². The second kappa shape index (κ2) is 19.5. The van der Waals surface area contributed by atoms with Gasteiger partial charge in [0.1, 0.15) is 18.2 Å². The molecule has 1 aromatic carbocycles. The maximum atomic E-state index is 13.9. The maximum absolute atomic E-state index is 13.9. The van der Waals surface area contributed by atoms with Crippen LogP contribution in [0.1, 0.15) is 68.8 Å². The summed E-state index contributed by atoms with van der Waals surface area (Å²) in [6, 6.07) is 8.65. The van der Waals surface area contributed by atoms with Gasteiger partial charge >= 0.3 is 0 Å². The molecule has 2 aromatic rings. The van der Waals surface area contributed by atoms with Crippen LogP contribution < -0.4 is 16.0 Å². The smallest absolute Gasteiger partial charge is 0.253 e. The Labute approximate surface area is 271 Å². The highest BCUT2D eigenvalue weighted by Gasteiger charge is 2.37. The molecule has 3 amide bonds. The molecule has 0 spiro atoms. The fourth-order valence-corrected chi connectivity index (χ4v) is 7.81. The minimum atomic E-state index is -3.84. The SMILES string of the molecule is CCCC(CCC)S(=O)(=O)CC(NC(=O)c1cccnc1)C(=O)NC(Cc1ccccc1)C(O)C(O)C(CCSC)NC(C)=O. The predicted molar refractivity (Wildman–Crippen MR) is 178 cm³/mol. The molecule has 0 saturated heterocycles. The van der Waals surface area contributed by atoms with Gasteiger partial charge in [0.15, 0.2) is 9.84 Å². The summed E-state index contributed by atoms with van der Waals surface area (Å²) in [5.74, 6) is -1.93. The van der Waals surface area contributed by atoms with Crippen LogP contribution in [0.15, 0.2) is 54.9 Å². The lowest BCUT2D eigenvalue weighted by molar-refractivity contribution is -0.126. The molecule has 1 heterocycles. The molecule has 0 aliphatic carbocycles. The first-order valence-corrected chi connectivity index (χ1v) is 18.4. The fraction of sp³-hybridized carbons (Fsp3) is 0.562. The largest absolute Gasteiger partial charge is 0.388 e. The molecule has 5 N–H and O–H groups in total. The molecule has 0 bridgehead atoms. The zero-order valence-corrected chi connectivity index (χ0v) is 28.1. The van der Waals surface area contributed by atoms with E-state index in [-0.39, 0.29) is 17.9 Å². The van der Waals surface area contributed by atoms with Crippen LogP contribution in [0.2, 0.25) is 0 Å². The third-order valence-electron chi connectivity index (χ3n) is 7.50. The van der Waals surface area contributed by atoms with Crippen LogP contribution in [-0.2, 0) is 25.8 Å². The van der Waals surface area contributed by atoms with E-state index in [2.05, 4.69) is 20.9 Å². The Morgan fingerprint density at radius 1 is 0.889 bits per heavy atom. The number of rotatable bonds is 20. The molecule has 0 radical (unpaired) electrons. The number of sulfone groups is 1. The summed E-state index contributed by atoms with van der Waals surface area (Å²) < 4.78 is 27.2. The molecule has 0 saturated carbocycles. The van der Waals surface area contributed by atoms with E-state index >= 15 is 0 Å². The summed E-state index contributed by atoms with van der Waals surface area (Å²) >= 11 is 1.51. The molecule has 45 heavy (non-hydrogen) atoms. The molecule has 0 aliphatic rings. The molecule has 2 rings (SSSR count). The Kier molecular flexibility index (Phi) is 16.5. The lowest BCUT2D eigenvalue weighted by Crippen LogP contribution is -2.60. The highest BCUT2D eigenvalue weighted by Crippen LogP contribution is 2.19. The summed E-state index contributed by atoms with van der Waals surface area (Å²) in [5.41, 5.74) is 0.887. The average molecular weight is 665 g/mol. The quantitative estimate of drug-likeness (QED) is 0.142. The Balaban J connectivity index is 2.45. The van der Waals surface area contributed by atoms with Crippen molar-refractivity contribution in [1.82, 2.24) is 20.9 Å². The van der Waals surface area contributed by atoms with Crippen LogP contribution in [0.5, 0.6) is 0 Å². The van der Waals surface area contributed by atoms with Gasteiger partial charge in [0.2, 0.25) is 11.8 Å². The standard InChI is InChI=1S/C32H48N4O7S2/c1-5-11-25(12-6-2)45(42,43)21-28(36-31(40)24-15-10-17-33-20-24)32(41)35-27(19-23-13-8-7-9-14-23)30(39)29(38)26(16-18-44-4)34-22(3)37/h7-10,13-15,17,20,25-30,38-39H,5-6,11-12,16,18-19,21H2,1-4H3,(H,34,37)(H,35,41)(H,36,40). The number of nitrogens with zero attached hydrogens (tertiary/aromatic N) is 1. The molecule has 250 valence electrons. The van der Waals surface area contributed by atoms with Crippen molar-refractivity contribution in [2.45, 2.75) is 94.9 Å². The van der Waals surface area contributed by atoms with Gasteiger partial charge in [-0.05, 0) is 55.4 Å². The highest BCUT2D eigenvalue weighted by atomic mass is 32.2. The van der Waals surface area contributed by atoms with Crippen LogP contribution in [0, 0.1) is 0 Å². The van der Waals surface area contributed by atoms with E-state index in [4.69, 9.17) is 0 Å². The molecule has 11 nitrogen and oxygen atoms in total. The number of benzene rings is 1. The van der Waals surface area contributed by atoms with Crippen molar-refractivity contribution >= 4 is 39.3 Å². The van der Waals surface area contributed by atoms with Gasteiger partial charge in [-0.1, -0.05) is 57.0 Å². The van der Waals surface area contributed by atoms with Gasteiger partial charge in [0.05, 0.1) is 28.6 Å². The third-order valence-corrected chi connectivity index (χ3v) is 10.4. The van der Waals surface area contributed by atoms with Crippen LogP contribution in [-0.4, -0.2) is 94.7 Å². The number of carbonyl (C=O) groups excluding carboxylic acids is 3. The topological polar surface area (TPSA) is 175 Å². The molecule has 1 aromatic heterocycles. The first kappa shape index (κ1) is 38.2. The van der Waals surface area contributed by atoms with E-state index in [0.29, 0.717) is 37.9 Å². The zero-order chi connectivity index (χ0) is 33.4. The van der Waals surface area contributed by atoms with Crippen molar-refractivity contribution in [3.8, 4) is 0 Å². The summed E-state index contributed by atoms with van der Waals surface area (Å²) in [6.07, 6.45) is 4.24. The zero-order valence-electron chi connectivity index (χ0n) is 26.5. The van der Waals surface area contributed by atoms with Gasteiger partial charge in [-0.25, -0.2) is 8.42 Å². The number of hydrogen-bond donors (Lipinski definition) is 5. The number of amides is 3. The molecule has 5 unspecified atom stereocenters.